The van der Waals surface area contributed by atoms with E-state index >= 15 is 0 Å². The van der Waals surface area contributed by atoms with E-state index in [1.54, 1.807) is 25.1 Å². The molecule has 0 aliphatic carbocycles. The van der Waals surface area contributed by atoms with E-state index in [0.717, 1.165) is 25.7 Å². The van der Waals surface area contributed by atoms with Crippen molar-refractivity contribution in [3.05, 3.63) is 28.2 Å². The molecule has 0 aliphatic rings. The Morgan fingerprint density at radius 3 is 2.65 bits per heavy atom. The fourth-order valence-corrected chi connectivity index (χ4v) is 2.08. The highest BCUT2D eigenvalue weighted by Gasteiger charge is 2.17. The normalized spacial score (nSPS) is 12.0. The lowest BCUT2D eigenvalue weighted by Crippen LogP contribution is -2.26. The minimum Gasteiger partial charge on any atom is -0.477 e. The van der Waals surface area contributed by atoms with Crippen molar-refractivity contribution in [1.82, 2.24) is 0 Å². The summed E-state index contributed by atoms with van der Waals surface area (Å²) < 4.78 is 10.6. The van der Waals surface area contributed by atoms with Gasteiger partial charge >= 0.3 is 5.97 Å². The summed E-state index contributed by atoms with van der Waals surface area (Å²) in [5.41, 5.74) is 0. The first-order valence-electron chi connectivity index (χ1n) is 6.83. The van der Waals surface area contributed by atoms with Crippen LogP contribution in [0.1, 0.15) is 39.5 Å². The molecule has 1 aromatic carbocycles. The maximum Gasteiger partial charge on any atom is 0.347 e. The van der Waals surface area contributed by atoms with Gasteiger partial charge in [-0.3, -0.25) is 0 Å². The molecule has 5 heteroatoms. The van der Waals surface area contributed by atoms with Crippen LogP contribution in [0.3, 0.4) is 0 Å². The summed E-state index contributed by atoms with van der Waals surface area (Å²) in [6.07, 6.45) is 3.57. The van der Waals surface area contributed by atoms with Gasteiger partial charge in [-0.2, -0.15) is 0 Å². The van der Waals surface area contributed by atoms with E-state index in [1.807, 2.05) is 0 Å². The van der Waals surface area contributed by atoms with Crippen LogP contribution in [-0.2, 0) is 9.53 Å². The zero-order chi connectivity index (χ0) is 15.0. The summed E-state index contributed by atoms with van der Waals surface area (Å²) in [5, 5.41) is 0.897. The van der Waals surface area contributed by atoms with Gasteiger partial charge in [0.2, 0.25) is 0 Å². The van der Waals surface area contributed by atoms with Crippen LogP contribution in [0, 0.1) is 0 Å². The van der Waals surface area contributed by atoms with Gasteiger partial charge < -0.3 is 9.47 Å². The largest absolute Gasteiger partial charge is 0.477 e. The Balaban J connectivity index is 2.37. The Hall–Kier alpha value is -0.930. The summed E-state index contributed by atoms with van der Waals surface area (Å²) in [5.74, 6) is 0.0408. The minimum atomic E-state index is -0.695. The van der Waals surface area contributed by atoms with Crippen LogP contribution in [0.25, 0.3) is 0 Å². The molecule has 112 valence electrons. The van der Waals surface area contributed by atoms with Gasteiger partial charge in [-0.1, -0.05) is 49.4 Å². The molecule has 1 unspecified atom stereocenters. The van der Waals surface area contributed by atoms with Gasteiger partial charge in [-0.05, 0) is 31.5 Å². The van der Waals surface area contributed by atoms with Crippen molar-refractivity contribution in [3.8, 4) is 5.75 Å². The molecule has 3 nitrogen and oxygen atoms in total. The summed E-state index contributed by atoms with van der Waals surface area (Å²) in [7, 11) is 0. The van der Waals surface area contributed by atoms with Crippen molar-refractivity contribution in [2.75, 3.05) is 6.61 Å². The maximum absolute atomic E-state index is 11.7. The molecule has 1 rings (SSSR count). The standard InChI is InChI=1S/C15H20Cl2O3/c1-3-4-5-6-9-19-15(18)11(2)20-14-8-7-12(16)10-13(14)17/h7-8,10-11H,3-6,9H2,1-2H3. The van der Waals surface area contributed by atoms with E-state index in [4.69, 9.17) is 32.7 Å². The highest BCUT2D eigenvalue weighted by atomic mass is 35.5. The molecule has 20 heavy (non-hydrogen) atoms. The molecule has 0 spiro atoms. The van der Waals surface area contributed by atoms with Crippen LogP contribution in [-0.4, -0.2) is 18.7 Å². The molecular formula is C15H20Cl2O3. The third-order valence-corrected chi connectivity index (χ3v) is 3.30. The number of esters is 1. The van der Waals surface area contributed by atoms with E-state index in [1.165, 1.54) is 0 Å². The lowest BCUT2D eigenvalue weighted by molar-refractivity contribution is -0.151. The quantitative estimate of drug-likeness (QED) is 0.506. The monoisotopic (exact) mass is 318 g/mol. The molecule has 1 atom stereocenters. The van der Waals surface area contributed by atoms with Crippen molar-refractivity contribution in [2.24, 2.45) is 0 Å². The number of unbranched alkanes of at least 4 members (excludes halogenated alkanes) is 3. The van der Waals surface area contributed by atoms with Gasteiger partial charge in [-0.25, -0.2) is 4.79 Å². The van der Waals surface area contributed by atoms with Gasteiger partial charge in [0.25, 0.3) is 0 Å². The molecular weight excluding hydrogens is 299 g/mol. The minimum absolute atomic E-state index is 0.375. The topological polar surface area (TPSA) is 35.5 Å². The van der Waals surface area contributed by atoms with Gasteiger partial charge in [0, 0.05) is 5.02 Å². The van der Waals surface area contributed by atoms with Crippen molar-refractivity contribution < 1.29 is 14.3 Å². The number of rotatable bonds is 8. The first-order valence-corrected chi connectivity index (χ1v) is 7.58. The number of halogens is 2. The number of carbonyl (C=O) groups is 1. The predicted octanol–water partition coefficient (Wildman–Crippen LogP) is 4.88. The fraction of sp³-hybridized carbons (Fsp3) is 0.533. The average molecular weight is 319 g/mol. The second-order valence-corrected chi connectivity index (χ2v) is 5.41. The summed E-state index contributed by atoms with van der Waals surface area (Å²) in [4.78, 5) is 11.7. The molecule has 0 fully saturated rings. The Bertz CT molecular complexity index is 435. The van der Waals surface area contributed by atoms with E-state index in [0.29, 0.717) is 22.4 Å². The van der Waals surface area contributed by atoms with E-state index < -0.39 is 6.10 Å². The van der Waals surface area contributed by atoms with Crippen LogP contribution in [0.15, 0.2) is 18.2 Å². The SMILES string of the molecule is CCCCCCOC(=O)C(C)Oc1ccc(Cl)cc1Cl. The molecule has 0 saturated heterocycles. The molecule has 0 aliphatic heterocycles. The molecule has 0 radical (unpaired) electrons. The van der Waals surface area contributed by atoms with E-state index in [-0.39, 0.29) is 5.97 Å². The van der Waals surface area contributed by atoms with Gasteiger partial charge in [0.05, 0.1) is 11.6 Å². The van der Waals surface area contributed by atoms with Crippen LogP contribution < -0.4 is 4.74 Å². The second kappa shape index (κ2) is 9.09. The molecule has 0 amide bonds. The average Bonchev–Trinajstić information content (AvgIpc) is 2.41. The molecule has 1 aromatic rings. The van der Waals surface area contributed by atoms with Crippen molar-refractivity contribution in [1.29, 1.82) is 0 Å². The van der Waals surface area contributed by atoms with Crippen LogP contribution >= 0.6 is 23.2 Å². The summed E-state index contributed by atoms with van der Waals surface area (Å²) >= 11 is 11.8. The van der Waals surface area contributed by atoms with Crippen LogP contribution in [0.4, 0.5) is 0 Å². The predicted molar refractivity (Wildman–Crippen MR) is 81.7 cm³/mol. The lowest BCUT2D eigenvalue weighted by atomic mass is 10.2. The Morgan fingerprint density at radius 1 is 1.25 bits per heavy atom. The van der Waals surface area contributed by atoms with Crippen LogP contribution in [0.2, 0.25) is 10.0 Å². The second-order valence-electron chi connectivity index (χ2n) is 4.56. The first-order chi connectivity index (χ1) is 9.54. The maximum atomic E-state index is 11.7. The van der Waals surface area contributed by atoms with E-state index in [2.05, 4.69) is 6.92 Å². The smallest absolute Gasteiger partial charge is 0.347 e. The number of hydrogen-bond donors (Lipinski definition) is 0. The number of carbonyl (C=O) groups excluding carboxylic acids is 1. The molecule has 0 N–H and O–H groups in total. The van der Waals surface area contributed by atoms with E-state index in [9.17, 15) is 4.79 Å². The highest BCUT2D eigenvalue weighted by Crippen LogP contribution is 2.28. The van der Waals surface area contributed by atoms with Gasteiger partial charge in [0.15, 0.2) is 6.10 Å². The first kappa shape index (κ1) is 17.1. The Labute approximate surface area is 130 Å². The molecule has 0 bridgehead atoms. The third-order valence-electron chi connectivity index (χ3n) is 2.77. The van der Waals surface area contributed by atoms with Crippen molar-refractivity contribution in [2.45, 2.75) is 45.6 Å². The number of hydrogen-bond acceptors (Lipinski definition) is 3. The number of ether oxygens (including phenoxy) is 2. The zero-order valence-corrected chi connectivity index (χ0v) is 13.3. The van der Waals surface area contributed by atoms with Gasteiger partial charge in [-0.15, -0.1) is 0 Å². The Morgan fingerprint density at radius 2 is 2.00 bits per heavy atom. The van der Waals surface area contributed by atoms with Crippen LogP contribution in [0.5, 0.6) is 5.75 Å². The summed E-state index contributed by atoms with van der Waals surface area (Å²) in [6.45, 7) is 4.21. The summed E-state index contributed by atoms with van der Waals surface area (Å²) in [6, 6.07) is 4.86. The lowest BCUT2D eigenvalue weighted by Gasteiger charge is -2.15. The third kappa shape index (κ3) is 6.02. The molecule has 0 aromatic heterocycles. The fourth-order valence-electron chi connectivity index (χ4n) is 1.63. The molecule has 0 heterocycles. The van der Waals surface area contributed by atoms with Gasteiger partial charge in [0.1, 0.15) is 5.75 Å². The Kier molecular flexibility index (Phi) is 7.78. The zero-order valence-electron chi connectivity index (χ0n) is 11.8. The van der Waals surface area contributed by atoms with Crippen molar-refractivity contribution in [3.63, 3.8) is 0 Å². The number of benzene rings is 1. The molecule has 0 saturated carbocycles. The highest BCUT2D eigenvalue weighted by molar-refractivity contribution is 6.35. The van der Waals surface area contributed by atoms with Crippen molar-refractivity contribution >= 4 is 29.2 Å².